The Morgan fingerprint density at radius 3 is 2.56 bits per heavy atom. The van der Waals surface area contributed by atoms with E-state index in [0.717, 1.165) is 16.9 Å². The molecule has 5 nitrogen and oxygen atoms in total. The highest BCUT2D eigenvalue weighted by atomic mass is 19.1. The zero-order valence-electron chi connectivity index (χ0n) is 15.2. The minimum absolute atomic E-state index is 0.115. The second-order valence-corrected chi connectivity index (χ2v) is 6.19. The van der Waals surface area contributed by atoms with Crippen molar-refractivity contribution in [1.29, 1.82) is 0 Å². The normalized spacial score (nSPS) is 11.8. The smallest absolute Gasteiger partial charge is 0.220 e. The van der Waals surface area contributed by atoms with Gasteiger partial charge in [0.2, 0.25) is 5.91 Å². The number of carbonyl (C=O) groups excluding carboxylic acids is 1. The first kappa shape index (κ1) is 18.6. The van der Waals surface area contributed by atoms with Gasteiger partial charge in [-0.25, -0.2) is 9.37 Å². The molecule has 1 amide bonds. The fourth-order valence-corrected chi connectivity index (χ4v) is 2.68. The van der Waals surface area contributed by atoms with E-state index in [9.17, 15) is 9.18 Å². The molecule has 1 N–H and O–H groups in total. The molecule has 0 saturated carbocycles. The molecule has 0 fully saturated rings. The topological polar surface area (TPSA) is 64.4 Å². The highest BCUT2D eigenvalue weighted by Crippen LogP contribution is 2.23. The van der Waals surface area contributed by atoms with E-state index in [4.69, 9.17) is 9.15 Å². The van der Waals surface area contributed by atoms with Crippen LogP contribution in [0, 0.1) is 5.82 Å². The number of halogens is 1. The predicted molar refractivity (Wildman–Crippen MR) is 99.8 cm³/mol. The summed E-state index contributed by atoms with van der Waals surface area (Å²) in [6.07, 6.45) is 2.31. The molecule has 2 aromatic carbocycles. The Labute approximate surface area is 157 Å². The molecule has 140 valence electrons. The number of nitrogens with one attached hydrogen (secondary N) is 1. The lowest BCUT2D eigenvalue weighted by molar-refractivity contribution is -0.121. The number of ether oxygens (including phenoxy) is 1. The Bertz CT molecular complexity index is 889. The molecule has 3 aromatic rings. The molecule has 6 heteroatoms. The number of rotatable bonds is 7. The van der Waals surface area contributed by atoms with Crippen LogP contribution in [0.4, 0.5) is 4.39 Å². The van der Waals surface area contributed by atoms with Gasteiger partial charge in [0.25, 0.3) is 0 Å². The molecular weight excluding hydrogens is 347 g/mol. The van der Waals surface area contributed by atoms with Crippen LogP contribution in [0.2, 0.25) is 0 Å². The number of methoxy groups -OCH3 is 1. The Morgan fingerprint density at radius 2 is 1.89 bits per heavy atom. The molecular formula is C21H21FN2O3. The van der Waals surface area contributed by atoms with Crippen molar-refractivity contribution in [3.63, 3.8) is 0 Å². The van der Waals surface area contributed by atoms with Crippen molar-refractivity contribution in [2.24, 2.45) is 0 Å². The van der Waals surface area contributed by atoms with E-state index in [1.807, 2.05) is 31.2 Å². The van der Waals surface area contributed by atoms with E-state index in [-0.39, 0.29) is 24.2 Å². The summed E-state index contributed by atoms with van der Waals surface area (Å²) in [5.74, 6) is 1.51. The minimum Gasteiger partial charge on any atom is -0.497 e. The molecule has 0 bridgehead atoms. The van der Waals surface area contributed by atoms with Crippen LogP contribution >= 0.6 is 0 Å². The SMILES string of the molecule is COc1ccc(-c2cnc(CCC(=O)NC(C)c3ccc(F)cc3)o2)cc1. The van der Waals surface area contributed by atoms with E-state index in [2.05, 4.69) is 10.3 Å². The third-order valence-electron chi connectivity index (χ3n) is 4.24. The molecule has 0 spiro atoms. The summed E-state index contributed by atoms with van der Waals surface area (Å²) in [7, 11) is 1.61. The second kappa shape index (κ2) is 8.49. The first-order valence-corrected chi connectivity index (χ1v) is 8.69. The number of carbonyl (C=O) groups is 1. The Morgan fingerprint density at radius 1 is 1.19 bits per heavy atom. The minimum atomic E-state index is -0.297. The van der Waals surface area contributed by atoms with Gasteiger partial charge in [-0.3, -0.25) is 4.79 Å². The monoisotopic (exact) mass is 368 g/mol. The zero-order valence-corrected chi connectivity index (χ0v) is 15.2. The summed E-state index contributed by atoms with van der Waals surface area (Å²) in [6.45, 7) is 1.86. The van der Waals surface area contributed by atoms with Crippen LogP contribution < -0.4 is 10.1 Å². The van der Waals surface area contributed by atoms with Crippen molar-refractivity contribution >= 4 is 5.91 Å². The van der Waals surface area contributed by atoms with Crippen molar-refractivity contribution in [1.82, 2.24) is 10.3 Å². The molecule has 0 radical (unpaired) electrons. The summed E-state index contributed by atoms with van der Waals surface area (Å²) in [5, 5.41) is 2.89. The number of oxazole rings is 1. The van der Waals surface area contributed by atoms with Gasteiger partial charge in [-0.15, -0.1) is 0 Å². The quantitative estimate of drug-likeness (QED) is 0.675. The Kier molecular flexibility index (Phi) is 5.86. The molecule has 1 heterocycles. The standard InChI is InChI=1S/C21H21FN2O3/c1-14(15-3-7-17(22)8-4-15)24-20(25)11-12-21-23-13-19(27-21)16-5-9-18(26-2)10-6-16/h3-10,13-14H,11-12H2,1-2H3,(H,24,25). The molecule has 3 rings (SSSR count). The van der Waals surface area contributed by atoms with E-state index < -0.39 is 0 Å². The maximum Gasteiger partial charge on any atom is 0.220 e. The van der Waals surface area contributed by atoms with Gasteiger partial charge in [0, 0.05) is 18.4 Å². The number of aromatic nitrogens is 1. The van der Waals surface area contributed by atoms with Gasteiger partial charge >= 0.3 is 0 Å². The van der Waals surface area contributed by atoms with E-state index in [0.29, 0.717) is 18.1 Å². The number of hydrogen-bond donors (Lipinski definition) is 1. The molecule has 1 aromatic heterocycles. The molecule has 0 saturated heterocycles. The molecule has 0 aliphatic carbocycles. The summed E-state index contributed by atoms with van der Waals surface area (Å²) >= 11 is 0. The maximum atomic E-state index is 13.0. The van der Waals surface area contributed by atoms with Crippen molar-refractivity contribution in [2.75, 3.05) is 7.11 Å². The lowest BCUT2D eigenvalue weighted by Gasteiger charge is -2.14. The maximum absolute atomic E-state index is 13.0. The van der Waals surface area contributed by atoms with Crippen molar-refractivity contribution in [2.45, 2.75) is 25.8 Å². The number of hydrogen-bond acceptors (Lipinski definition) is 4. The van der Waals surface area contributed by atoms with E-state index >= 15 is 0 Å². The second-order valence-electron chi connectivity index (χ2n) is 6.19. The molecule has 1 unspecified atom stereocenters. The molecule has 27 heavy (non-hydrogen) atoms. The van der Waals surface area contributed by atoms with Crippen LogP contribution in [-0.4, -0.2) is 18.0 Å². The fourth-order valence-electron chi connectivity index (χ4n) is 2.68. The van der Waals surface area contributed by atoms with Crippen LogP contribution in [0.1, 0.15) is 30.8 Å². The van der Waals surface area contributed by atoms with Gasteiger partial charge in [0.15, 0.2) is 11.7 Å². The predicted octanol–water partition coefficient (Wildman–Crippen LogP) is 4.30. The zero-order chi connectivity index (χ0) is 19.2. The van der Waals surface area contributed by atoms with E-state index in [1.165, 1.54) is 12.1 Å². The van der Waals surface area contributed by atoms with Crippen molar-refractivity contribution < 1.29 is 18.3 Å². The highest BCUT2D eigenvalue weighted by molar-refractivity contribution is 5.76. The van der Waals surface area contributed by atoms with Gasteiger partial charge in [-0.1, -0.05) is 12.1 Å². The van der Waals surface area contributed by atoms with Crippen molar-refractivity contribution in [3.05, 3.63) is 72.0 Å². The third kappa shape index (κ3) is 4.94. The molecule has 0 aliphatic rings. The van der Waals surface area contributed by atoms with Gasteiger partial charge in [-0.05, 0) is 48.9 Å². The van der Waals surface area contributed by atoms with Gasteiger partial charge in [0.05, 0.1) is 19.3 Å². The lowest BCUT2D eigenvalue weighted by Crippen LogP contribution is -2.26. The van der Waals surface area contributed by atoms with Crippen LogP contribution in [0.3, 0.4) is 0 Å². The average Bonchev–Trinajstić information content (AvgIpc) is 3.16. The largest absolute Gasteiger partial charge is 0.497 e. The summed E-state index contributed by atoms with van der Waals surface area (Å²) in [4.78, 5) is 16.4. The first-order chi connectivity index (χ1) is 13.0. The van der Waals surface area contributed by atoms with Crippen LogP contribution in [-0.2, 0) is 11.2 Å². The van der Waals surface area contributed by atoms with E-state index in [1.54, 1.807) is 25.4 Å². The van der Waals surface area contributed by atoms with Gasteiger partial charge in [0.1, 0.15) is 11.6 Å². The average molecular weight is 368 g/mol. The summed E-state index contributed by atoms with van der Waals surface area (Å²) in [5.41, 5.74) is 1.74. The highest BCUT2D eigenvalue weighted by Gasteiger charge is 2.12. The summed E-state index contributed by atoms with van der Waals surface area (Å²) in [6, 6.07) is 13.4. The number of amides is 1. The lowest BCUT2D eigenvalue weighted by atomic mass is 10.1. The third-order valence-corrected chi connectivity index (χ3v) is 4.24. The van der Waals surface area contributed by atoms with Gasteiger partial charge in [-0.2, -0.15) is 0 Å². The molecule has 0 aliphatic heterocycles. The van der Waals surface area contributed by atoms with Crippen LogP contribution in [0.25, 0.3) is 11.3 Å². The molecule has 1 atom stereocenters. The first-order valence-electron chi connectivity index (χ1n) is 8.69. The van der Waals surface area contributed by atoms with Crippen molar-refractivity contribution in [3.8, 4) is 17.1 Å². The number of nitrogens with zero attached hydrogens (tertiary/aromatic N) is 1. The number of benzene rings is 2. The van der Waals surface area contributed by atoms with Gasteiger partial charge < -0.3 is 14.5 Å². The van der Waals surface area contributed by atoms with Crippen LogP contribution in [0.5, 0.6) is 5.75 Å². The Balaban J connectivity index is 1.53. The summed E-state index contributed by atoms with van der Waals surface area (Å²) < 4.78 is 23.8. The fraction of sp³-hybridized carbons (Fsp3) is 0.238. The Hall–Kier alpha value is -3.15. The van der Waals surface area contributed by atoms with Crippen LogP contribution in [0.15, 0.2) is 59.1 Å². The number of aryl methyl sites for hydroxylation is 1.